The van der Waals surface area contributed by atoms with Gasteiger partial charge in [-0.1, -0.05) is 42.5 Å². The lowest BCUT2D eigenvalue weighted by molar-refractivity contribution is 0.469. The first-order chi connectivity index (χ1) is 11.1. The van der Waals surface area contributed by atoms with Crippen molar-refractivity contribution < 1.29 is 0 Å². The van der Waals surface area contributed by atoms with E-state index in [1.807, 2.05) is 30.3 Å². The summed E-state index contributed by atoms with van der Waals surface area (Å²) in [6.45, 7) is 11.9. The molecule has 1 aromatic rings. The summed E-state index contributed by atoms with van der Waals surface area (Å²) in [5, 5.41) is 1.48. The van der Waals surface area contributed by atoms with Crippen molar-refractivity contribution in [3.63, 3.8) is 0 Å². The van der Waals surface area contributed by atoms with E-state index in [1.165, 1.54) is 11.8 Å². The Balaban J connectivity index is 3.08. The van der Waals surface area contributed by atoms with Crippen LogP contribution in [-0.4, -0.2) is 50.5 Å². The van der Waals surface area contributed by atoms with Crippen LogP contribution in [-0.2, 0) is 0 Å². The number of thiocarbonyl (C=S) groups is 2. The second-order valence-electron chi connectivity index (χ2n) is 4.78. The van der Waals surface area contributed by atoms with Gasteiger partial charge in [-0.2, -0.15) is 0 Å². The lowest BCUT2D eigenvalue weighted by Crippen LogP contribution is -2.30. The number of nitrogens with zero attached hydrogens (tertiary/aromatic N) is 3. The fraction of sp³-hybridized carbons (Fsp3) is 0.471. The highest BCUT2D eigenvalue weighted by atomic mass is 32.2. The molecule has 0 aliphatic rings. The van der Waals surface area contributed by atoms with Crippen LogP contribution in [0.15, 0.2) is 35.3 Å². The molecule has 0 atom stereocenters. The van der Waals surface area contributed by atoms with Crippen LogP contribution in [0.1, 0.15) is 33.3 Å². The van der Waals surface area contributed by atoms with Crippen molar-refractivity contribution in [1.82, 2.24) is 9.80 Å². The van der Waals surface area contributed by atoms with Crippen molar-refractivity contribution in [3.8, 4) is 0 Å². The molecule has 126 valence electrons. The fourth-order valence-corrected chi connectivity index (χ4v) is 3.85. The van der Waals surface area contributed by atoms with Crippen molar-refractivity contribution in [2.75, 3.05) is 26.2 Å². The molecule has 0 radical (unpaired) electrons. The maximum atomic E-state index is 5.58. The number of rotatable bonds is 5. The first-order valence-electron chi connectivity index (χ1n) is 7.96. The molecule has 0 saturated heterocycles. The van der Waals surface area contributed by atoms with Gasteiger partial charge in [0.25, 0.3) is 0 Å². The van der Waals surface area contributed by atoms with Gasteiger partial charge in [0.1, 0.15) is 9.36 Å². The van der Waals surface area contributed by atoms with Gasteiger partial charge in [0, 0.05) is 31.7 Å². The summed E-state index contributed by atoms with van der Waals surface area (Å²) in [6.07, 6.45) is 0. The quantitative estimate of drug-likeness (QED) is 0.434. The molecular weight excluding hydrogens is 342 g/mol. The Kier molecular flexibility index (Phi) is 9.36. The fourth-order valence-electron chi connectivity index (χ4n) is 2.01. The number of hydrogen-bond acceptors (Lipinski definition) is 3. The van der Waals surface area contributed by atoms with Gasteiger partial charge >= 0.3 is 0 Å². The Morgan fingerprint density at radius 3 is 1.91 bits per heavy atom. The average Bonchev–Trinajstić information content (AvgIpc) is 2.57. The van der Waals surface area contributed by atoms with Gasteiger partial charge in [-0.25, -0.2) is 4.99 Å². The van der Waals surface area contributed by atoms with E-state index in [1.54, 1.807) is 0 Å². The molecule has 1 aromatic carbocycles. The number of hydrogen-bond donors (Lipinski definition) is 0. The summed E-state index contributed by atoms with van der Waals surface area (Å²) < 4.78 is 0.833. The molecule has 0 aromatic heterocycles. The van der Waals surface area contributed by atoms with E-state index >= 15 is 0 Å². The maximum absolute atomic E-state index is 5.58. The second kappa shape index (κ2) is 10.7. The summed E-state index contributed by atoms with van der Waals surface area (Å²) >= 11 is 12.6. The number of aliphatic imine (C=N–C) groups is 1. The topological polar surface area (TPSA) is 18.8 Å². The molecule has 0 amide bonds. The van der Waals surface area contributed by atoms with E-state index in [0.29, 0.717) is 5.11 Å². The van der Waals surface area contributed by atoms with Crippen LogP contribution in [0.25, 0.3) is 0 Å². The first kappa shape index (κ1) is 20.1. The zero-order valence-electron chi connectivity index (χ0n) is 14.3. The van der Waals surface area contributed by atoms with E-state index < -0.39 is 0 Å². The van der Waals surface area contributed by atoms with Gasteiger partial charge in [0.15, 0.2) is 5.11 Å². The molecule has 0 saturated carbocycles. The van der Waals surface area contributed by atoms with Crippen LogP contribution in [0.4, 0.5) is 0 Å². The molecule has 1 rings (SSSR count). The van der Waals surface area contributed by atoms with Crippen LogP contribution in [0.2, 0.25) is 0 Å². The Hall–Kier alpha value is -0.980. The molecule has 0 spiro atoms. The Morgan fingerprint density at radius 1 is 0.913 bits per heavy atom. The third-order valence-corrected chi connectivity index (χ3v) is 5.27. The summed E-state index contributed by atoms with van der Waals surface area (Å²) in [7, 11) is 0. The number of benzene rings is 1. The highest BCUT2D eigenvalue weighted by Gasteiger charge is 2.14. The van der Waals surface area contributed by atoms with Gasteiger partial charge in [-0.05, 0) is 51.7 Å². The van der Waals surface area contributed by atoms with Crippen molar-refractivity contribution >= 4 is 50.7 Å². The standard InChI is InChI=1S/C17H25N3S3/c1-5-19(6-2)16(21)18-15(14-12-10-9-11-13-14)23-17(22)20(7-3)8-4/h9-13H,5-8H2,1-4H3/b18-15-. The molecule has 0 bridgehead atoms. The average molecular weight is 368 g/mol. The van der Waals surface area contributed by atoms with Gasteiger partial charge in [-0.15, -0.1) is 0 Å². The lowest BCUT2D eigenvalue weighted by atomic mass is 10.2. The van der Waals surface area contributed by atoms with Crippen molar-refractivity contribution in [2.45, 2.75) is 27.7 Å². The van der Waals surface area contributed by atoms with Gasteiger partial charge in [-0.3, -0.25) is 0 Å². The molecule has 0 N–H and O–H groups in total. The van der Waals surface area contributed by atoms with E-state index in [0.717, 1.165) is 41.1 Å². The SMILES string of the molecule is CCN(CC)C(=S)/N=C(\SC(=S)N(CC)CC)c1ccccc1. The molecule has 0 heterocycles. The maximum Gasteiger partial charge on any atom is 0.196 e. The minimum absolute atomic E-state index is 0.615. The summed E-state index contributed by atoms with van der Waals surface area (Å²) in [4.78, 5) is 8.92. The largest absolute Gasteiger partial charge is 0.358 e. The van der Waals surface area contributed by atoms with Gasteiger partial charge in [0.2, 0.25) is 0 Å². The zero-order valence-corrected chi connectivity index (χ0v) is 16.7. The van der Waals surface area contributed by atoms with E-state index in [4.69, 9.17) is 29.4 Å². The van der Waals surface area contributed by atoms with E-state index in [9.17, 15) is 0 Å². The molecule has 0 aliphatic heterocycles. The van der Waals surface area contributed by atoms with Crippen LogP contribution < -0.4 is 0 Å². The molecule has 0 fully saturated rings. The molecule has 0 aliphatic carbocycles. The van der Waals surface area contributed by atoms with Gasteiger partial charge < -0.3 is 9.80 Å². The Morgan fingerprint density at radius 2 is 1.43 bits per heavy atom. The molecule has 23 heavy (non-hydrogen) atoms. The smallest absolute Gasteiger partial charge is 0.196 e. The third-order valence-electron chi connectivity index (χ3n) is 3.46. The summed E-state index contributed by atoms with van der Waals surface area (Å²) in [6, 6.07) is 10.1. The Labute approximate surface area is 155 Å². The lowest BCUT2D eigenvalue weighted by Gasteiger charge is -2.22. The van der Waals surface area contributed by atoms with Crippen molar-refractivity contribution in [2.24, 2.45) is 4.99 Å². The second-order valence-corrected chi connectivity index (χ2v) is 6.77. The van der Waals surface area contributed by atoms with Crippen molar-refractivity contribution in [1.29, 1.82) is 0 Å². The molecule has 0 unspecified atom stereocenters. The minimum Gasteiger partial charge on any atom is -0.358 e. The van der Waals surface area contributed by atoms with Crippen LogP contribution in [0.5, 0.6) is 0 Å². The minimum atomic E-state index is 0.615. The molecule has 3 nitrogen and oxygen atoms in total. The normalized spacial score (nSPS) is 11.2. The summed E-state index contributed by atoms with van der Waals surface area (Å²) in [5.74, 6) is 0. The van der Waals surface area contributed by atoms with Crippen LogP contribution in [0.3, 0.4) is 0 Å². The Bertz CT molecular complexity index is 535. The molecular formula is C17H25N3S3. The highest BCUT2D eigenvalue weighted by Crippen LogP contribution is 2.19. The van der Waals surface area contributed by atoms with E-state index in [-0.39, 0.29) is 0 Å². The predicted molar refractivity (Wildman–Crippen MR) is 112 cm³/mol. The highest BCUT2D eigenvalue weighted by molar-refractivity contribution is 8.33. The van der Waals surface area contributed by atoms with Crippen LogP contribution >= 0.6 is 36.2 Å². The first-order valence-corrected chi connectivity index (χ1v) is 9.60. The number of thioether (sulfide) groups is 1. The molecule has 6 heteroatoms. The third kappa shape index (κ3) is 6.20. The predicted octanol–water partition coefficient (Wildman–Crippen LogP) is 4.42. The van der Waals surface area contributed by atoms with Crippen molar-refractivity contribution in [3.05, 3.63) is 35.9 Å². The zero-order chi connectivity index (χ0) is 17.2. The van der Waals surface area contributed by atoms with E-state index in [2.05, 4.69) is 37.5 Å². The summed E-state index contributed by atoms with van der Waals surface area (Å²) in [5.41, 5.74) is 1.04. The van der Waals surface area contributed by atoms with Gasteiger partial charge in [0.05, 0.1) is 0 Å². The van der Waals surface area contributed by atoms with Crippen LogP contribution in [0, 0.1) is 0 Å². The monoisotopic (exact) mass is 367 g/mol.